The van der Waals surface area contributed by atoms with E-state index >= 15 is 0 Å². The molecule has 0 saturated carbocycles. The van der Waals surface area contributed by atoms with Crippen molar-refractivity contribution < 1.29 is 68.6 Å². The van der Waals surface area contributed by atoms with E-state index in [1.54, 1.807) is 6.92 Å². The maximum absolute atomic E-state index is 13.6. The highest BCUT2D eigenvalue weighted by Crippen LogP contribution is 2.45. The van der Waals surface area contributed by atoms with Crippen LogP contribution in [0.3, 0.4) is 0 Å². The van der Waals surface area contributed by atoms with Gasteiger partial charge in [0.1, 0.15) is 30.5 Å². The lowest BCUT2D eigenvalue weighted by molar-refractivity contribution is -0.320. The molecule has 2 heterocycles. The van der Waals surface area contributed by atoms with E-state index in [2.05, 4.69) is 15.6 Å². The molecule has 310 valence electrons. The molecular formula is C39H50N4O14. The van der Waals surface area contributed by atoms with E-state index in [0.717, 1.165) is 5.56 Å². The largest absolute Gasteiger partial charge is 0.502 e. The highest BCUT2D eigenvalue weighted by Gasteiger charge is 2.56. The highest BCUT2D eigenvalue weighted by atomic mass is 16.7. The maximum Gasteiger partial charge on any atom is 0.338 e. The summed E-state index contributed by atoms with van der Waals surface area (Å²) < 4.78 is 35.1. The van der Waals surface area contributed by atoms with Crippen LogP contribution in [-0.4, -0.2) is 125 Å². The monoisotopic (exact) mass is 798 g/mol. The molecule has 1 saturated heterocycles. The molecule has 10 N–H and O–H groups in total. The Morgan fingerprint density at radius 1 is 1.05 bits per heavy atom. The first kappa shape index (κ1) is 42.6. The van der Waals surface area contributed by atoms with Crippen LogP contribution in [0.1, 0.15) is 58.0 Å². The molecule has 0 radical (unpaired) electrons. The van der Waals surface area contributed by atoms with E-state index in [1.807, 2.05) is 30.3 Å². The number of unbranched alkanes of at least 4 members (excludes halogenated alkanes) is 1. The maximum atomic E-state index is 13.6. The van der Waals surface area contributed by atoms with E-state index in [-0.39, 0.29) is 83.1 Å². The number of aliphatic hydroxyl groups is 4. The summed E-state index contributed by atoms with van der Waals surface area (Å²) in [6.07, 6.45) is -5.72. The number of aliphatic hydroxyl groups excluding tert-OH is 4. The molecule has 5 atom stereocenters. The molecule has 18 nitrogen and oxygen atoms in total. The molecule has 2 aliphatic rings. The Morgan fingerprint density at radius 3 is 2.53 bits per heavy atom. The van der Waals surface area contributed by atoms with E-state index in [9.17, 15) is 35.1 Å². The lowest BCUT2D eigenvalue weighted by Gasteiger charge is -2.48. The van der Waals surface area contributed by atoms with Crippen LogP contribution in [-0.2, 0) is 22.3 Å². The molecule has 2 aliphatic heterocycles. The topological polar surface area (TPSA) is 273 Å². The molecule has 0 amide bonds. The average Bonchev–Trinajstić information content (AvgIpc) is 3.20. The fraction of sp³-hybridized carbons (Fsp3) is 0.462. The fourth-order valence-corrected chi connectivity index (χ4v) is 6.56. The van der Waals surface area contributed by atoms with Gasteiger partial charge in [-0.05, 0) is 44.2 Å². The zero-order valence-electron chi connectivity index (χ0n) is 31.7. The van der Waals surface area contributed by atoms with Gasteiger partial charge in [-0.25, -0.2) is 14.6 Å². The van der Waals surface area contributed by atoms with Crippen LogP contribution in [0.15, 0.2) is 53.5 Å². The number of nitrogens with zero attached hydrogens (tertiary/aromatic N) is 1. The third kappa shape index (κ3) is 10.1. The number of methoxy groups -OCH3 is 1. The number of carboxylic acid groups (broad SMARTS) is 1. The van der Waals surface area contributed by atoms with Crippen molar-refractivity contribution in [2.45, 2.75) is 69.2 Å². The van der Waals surface area contributed by atoms with Crippen LogP contribution in [0.2, 0.25) is 0 Å². The SMILES string of the molecule is CCNc1cc(O[C@H]2O[C@@]3(CCc4c(cc(OCCc5ccccc5)c(O)c4OC)C(=O)OC3)[C@@H](O)[C@H](O)[C@H]2O)c(OCN=C(N)NCCCCO)cc1C(=O)O. The molecular weight excluding hydrogens is 748 g/mol. The number of benzene rings is 3. The van der Waals surface area contributed by atoms with E-state index < -0.39 is 55.5 Å². The normalized spacial score (nSPS) is 22.1. The van der Waals surface area contributed by atoms with Gasteiger partial charge in [-0.15, -0.1) is 0 Å². The minimum absolute atomic E-state index is 0.00119. The van der Waals surface area contributed by atoms with Gasteiger partial charge in [0, 0.05) is 43.8 Å². The number of aromatic hydroxyl groups is 1. The summed E-state index contributed by atoms with van der Waals surface area (Å²) >= 11 is 0. The van der Waals surface area contributed by atoms with Crippen molar-refractivity contribution >= 4 is 23.6 Å². The zero-order chi connectivity index (χ0) is 41.1. The number of nitrogens with two attached hydrogens (primary N) is 1. The number of aliphatic imine (C=N–C) groups is 1. The molecule has 1 spiro atoms. The van der Waals surface area contributed by atoms with Crippen molar-refractivity contribution in [3.63, 3.8) is 0 Å². The van der Waals surface area contributed by atoms with Gasteiger partial charge in [0.25, 0.3) is 0 Å². The molecule has 5 rings (SSSR count). The number of phenols is 1. The summed E-state index contributed by atoms with van der Waals surface area (Å²) in [7, 11) is 1.31. The predicted molar refractivity (Wildman–Crippen MR) is 204 cm³/mol. The quantitative estimate of drug-likeness (QED) is 0.0405. The van der Waals surface area contributed by atoms with E-state index in [1.165, 1.54) is 25.3 Å². The molecule has 0 aliphatic carbocycles. The molecule has 1 fully saturated rings. The third-order valence-corrected chi connectivity index (χ3v) is 9.60. The van der Waals surface area contributed by atoms with Crippen molar-refractivity contribution in [2.75, 3.05) is 52.1 Å². The second-order valence-corrected chi connectivity index (χ2v) is 13.4. The predicted octanol–water partition coefficient (Wildman–Crippen LogP) is 1.53. The van der Waals surface area contributed by atoms with Gasteiger partial charge in [-0.1, -0.05) is 30.3 Å². The molecule has 0 aromatic heterocycles. The summed E-state index contributed by atoms with van der Waals surface area (Å²) in [6, 6.07) is 13.4. The Bertz CT molecular complexity index is 1880. The number of carbonyl (C=O) groups excluding carboxylic acids is 1. The van der Waals surface area contributed by atoms with Crippen molar-refractivity contribution in [3.05, 3.63) is 70.8 Å². The van der Waals surface area contributed by atoms with Crippen LogP contribution in [0.5, 0.6) is 28.7 Å². The van der Waals surface area contributed by atoms with Crippen LogP contribution in [0.25, 0.3) is 0 Å². The molecule has 0 bridgehead atoms. The number of fused-ring (bicyclic) bond motifs is 1. The summed E-state index contributed by atoms with van der Waals surface area (Å²) in [5, 5.41) is 69.5. The summed E-state index contributed by atoms with van der Waals surface area (Å²) in [4.78, 5) is 29.9. The smallest absolute Gasteiger partial charge is 0.338 e. The Morgan fingerprint density at radius 2 is 1.82 bits per heavy atom. The van der Waals surface area contributed by atoms with Crippen LogP contribution < -0.4 is 35.3 Å². The number of carbonyl (C=O) groups is 2. The first-order valence-corrected chi connectivity index (χ1v) is 18.5. The van der Waals surface area contributed by atoms with Crippen LogP contribution in [0, 0.1) is 0 Å². The number of anilines is 1. The Kier molecular flexibility index (Phi) is 14.6. The second-order valence-electron chi connectivity index (χ2n) is 13.4. The van der Waals surface area contributed by atoms with Crippen molar-refractivity contribution in [1.29, 1.82) is 0 Å². The van der Waals surface area contributed by atoms with Gasteiger partial charge in [0.05, 0.1) is 30.5 Å². The first-order valence-electron chi connectivity index (χ1n) is 18.5. The number of cyclic esters (lactones) is 1. The number of hydrogen-bond donors (Lipinski definition) is 9. The number of ether oxygens (including phenoxy) is 6. The number of nitrogens with one attached hydrogen (secondary N) is 2. The van der Waals surface area contributed by atoms with Gasteiger partial charge in [0.15, 0.2) is 35.7 Å². The second kappa shape index (κ2) is 19.6. The Balaban J connectivity index is 1.40. The number of rotatable bonds is 17. The average molecular weight is 799 g/mol. The highest BCUT2D eigenvalue weighted by molar-refractivity contribution is 5.95. The van der Waals surface area contributed by atoms with Gasteiger partial charge in [0.2, 0.25) is 12.0 Å². The number of aromatic carboxylic acids is 1. The van der Waals surface area contributed by atoms with Crippen molar-refractivity contribution in [2.24, 2.45) is 10.7 Å². The van der Waals surface area contributed by atoms with E-state index in [4.69, 9.17) is 39.3 Å². The molecule has 18 heteroatoms. The van der Waals surface area contributed by atoms with Crippen LogP contribution in [0.4, 0.5) is 5.69 Å². The van der Waals surface area contributed by atoms with E-state index in [0.29, 0.717) is 32.4 Å². The standard InChI is InChI=1S/C39H50N4O14/c1-3-41-26-19-28(27(18-25(26)35(49)50)55-21-43-38(40)42-14-7-8-15-44)56-37-32(47)31(46)34(48)39(57-37)13-11-23-24(36(51)54-20-39)17-29(30(45)33(23)52-2)53-16-12-22-9-5-4-6-10-22/h4-6,9-10,17-19,31-32,34,37,41,44-48H,3,7-8,11-16,20-21H2,1-2H3,(H,49,50)(H3,40,42,43)/t31-,32-,34+,37+,39-/m1/s1. The number of phenolic OH excluding ortho intramolecular Hbond substituents is 1. The lowest BCUT2D eigenvalue weighted by Crippen LogP contribution is -2.67. The number of guanidine groups is 1. The summed E-state index contributed by atoms with van der Waals surface area (Å²) in [6.45, 7) is 1.75. The molecule has 3 aromatic carbocycles. The number of hydrogen-bond acceptors (Lipinski definition) is 15. The third-order valence-electron chi connectivity index (χ3n) is 9.60. The molecule has 57 heavy (non-hydrogen) atoms. The molecule has 0 unspecified atom stereocenters. The van der Waals surface area contributed by atoms with Gasteiger partial charge in [-0.3, -0.25) is 0 Å². The van der Waals surface area contributed by atoms with Crippen LogP contribution >= 0.6 is 0 Å². The zero-order valence-corrected chi connectivity index (χ0v) is 31.7. The number of esters is 1. The Labute approximate surface area is 328 Å². The van der Waals surface area contributed by atoms with Crippen molar-refractivity contribution in [3.8, 4) is 28.7 Å². The van der Waals surface area contributed by atoms with Gasteiger partial charge in [-0.2, -0.15) is 0 Å². The molecule has 3 aromatic rings. The first-order chi connectivity index (χ1) is 27.4. The number of carboxylic acids is 1. The lowest BCUT2D eigenvalue weighted by atomic mass is 9.81. The van der Waals surface area contributed by atoms with Crippen molar-refractivity contribution in [1.82, 2.24) is 5.32 Å². The minimum Gasteiger partial charge on any atom is -0.502 e. The summed E-state index contributed by atoms with van der Waals surface area (Å²) in [5.41, 5.74) is 5.27. The Hall–Kier alpha value is -5.53. The van der Waals surface area contributed by atoms with Gasteiger partial charge >= 0.3 is 11.9 Å². The summed E-state index contributed by atoms with van der Waals surface area (Å²) in [5.74, 6) is -2.81. The van der Waals surface area contributed by atoms with Gasteiger partial charge < -0.3 is 75.4 Å². The minimum atomic E-state index is -1.88. The fourth-order valence-electron chi connectivity index (χ4n) is 6.56.